The molecule has 98 valence electrons. The van der Waals surface area contributed by atoms with Crippen LogP contribution in [0.4, 0.5) is 0 Å². The summed E-state index contributed by atoms with van der Waals surface area (Å²) in [4.78, 5) is 22.9. The molecule has 0 unspecified atom stereocenters. The predicted molar refractivity (Wildman–Crippen MR) is 66.2 cm³/mol. The molecule has 0 aromatic heterocycles. The van der Waals surface area contributed by atoms with Gasteiger partial charge in [-0.05, 0) is 32.6 Å². The molecule has 4 N–H and O–H groups in total. The number of carbonyl (C=O) groups excluding carboxylic acids is 2. The van der Waals surface area contributed by atoms with E-state index >= 15 is 0 Å². The molecule has 5 heteroatoms. The fraction of sp³-hybridized carbons (Fsp3) is 0.833. The third kappa shape index (κ3) is 5.17. The molecular weight excluding hydrogens is 218 g/mol. The van der Waals surface area contributed by atoms with Crippen LogP contribution >= 0.6 is 0 Å². The lowest BCUT2D eigenvalue weighted by Crippen LogP contribution is -2.40. The standard InChI is InChI=1S/C12H23N3O2/c1-8(2)15-12(17)7-14-11(16)6-9-4-3-5-10(9)13/h8-10H,3-7,13H2,1-2H3,(H,14,16)(H,15,17)/t9-,10+/m0/s1. The summed E-state index contributed by atoms with van der Waals surface area (Å²) in [6.45, 7) is 3.83. The maximum absolute atomic E-state index is 11.6. The van der Waals surface area contributed by atoms with E-state index in [0.29, 0.717) is 6.42 Å². The highest BCUT2D eigenvalue weighted by Crippen LogP contribution is 2.26. The van der Waals surface area contributed by atoms with Crippen LogP contribution in [0, 0.1) is 5.92 Å². The SMILES string of the molecule is CC(C)NC(=O)CNC(=O)C[C@@H]1CCC[C@H]1N. The summed E-state index contributed by atoms with van der Waals surface area (Å²) in [6, 6.07) is 0.243. The first kappa shape index (κ1) is 14.0. The third-order valence-electron chi connectivity index (χ3n) is 3.06. The summed E-state index contributed by atoms with van der Waals surface area (Å²) >= 11 is 0. The van der Waals surface area contributed by atoms with Crippen LogP contribution in [-0.4, -0.2) is 30.4 Å². The van der Waals surface area contributed by atoms with E-state index in [1.54, 1.807) is 0 Å². The summed E-state index contributed by atoms with van der Waals surface area (Å²) in [5, 5.41) is 5.35. The molecule has 17 heavy (non-hydrogen) atoms. The van der Waals surface area contributed by atoms with Crippen molar-refractivity contribution < 1.29 is 9.59 Å². The van der Waals surface area contributed by atoms with Gasteiger partial charge in [0.15, 0.2) is 0 Å². The van der Waals surface area contributed by atoms with Gasteiger partial charge >= 0.3 is 0 Å². The summed E-state index contributed by atoms with van der Waals surface area (Å²) in [6.07, 6.45) is 3.57. The molecule has 0 radical (unpaired) electrons. The summed E-state index contributed by atoms with van der Waals surface area (Å²) < 4.78 is 0. The van der Waals surface area contributed by atoms with Gasteiger partial charge in [-0.3, -0.25) is 9.59 Å². The van der Waals surface area contributed by atoms with Crippen LogP contribution < -0.4 is 16.4 Å². The van der Waals surface area contributed by atoms with Gasteiger partial charge in [0.25, 0.3) is 0 Å². The van der Waals surface area contributed by atoms with Gasteiger partial charge in [0.05, 0.1) is 6.54 Å². The summed E-state index contributed by atoms with van der Waals surface area (Å²) in [5.41, 5.74) is 5.89. The Balaban J connectivity index is 2.19. The number of amides is 2. The van der Waals surface area contributed by atoms with Gasteiger partial charge in [-0.2, -0.15) is 0 Å². The van der Waals surface area contributed by atoms with Gasteiger partial charge in [-0.1, -0.05) is 6.42 Å². The van der Waals surface area contributed by atoms with Crippen molar-refractivity contribution in [3.63, 3.8) is 0 Å². The van der Waals surface area contributed by atoms with Gasteiger partial charge in [0.2, 0.25) is 11.8 Å². The monoisotopic (exact) mass is 241 g/mol. The Bertz CT molecular complexity index is 279. The van der Waals surface area contributed by atoms with E-state index in [0.717, 1.165) is 19.3 Å². The minimum Gasteiger partial charge on any atom is -0.352 e. The van der Waals surface area contributed by atoms with Crippen molar-refractivity contribution in [1.82, 2.24) is 10.6 Å². The molecule has 0 saturated heterocycles. The van der Waals surface area contributed by atoms with E-state index in [4.69, 9.17) is 5.73 Å². The van der Waals surface area contributed by atoms with E-state index < -0.39 is 0 Å². The van der Waals surface area contributed by atoms with Crippen LogP contribution in [-0.2, 0) is 9.59 Å². The average molecular weight is 241 g/mol. The highest BCUT2D eigenvalue weighted by atomic mass is 16.2. The normalized spacial score (nSPS) is 23.8. The largest absolute Gasteiger partial charge is 0.352 e. The summed E-state index contributed by atoms with van der Waals surface area (Å²) in [5.74, 6) is 0.0542. The molecule has 2 atom stereocenters. The van der Waals surface area contributed by atoms with Gasteiger partial charge in [-0.25, -0.2) is 0 Å². The topological polar surface area (TPSA) is 84.2 Å². The minimum atomic E-state index is -0.149. The van der Waals surface area contributed by atoms with Crippen LogP contribution in [0.2, 0.25) is 0 Å². The minimum absolute atomic E-state index is 0.0545. The number of nitrogens with one attached hydrogen (secondary N) is 2. The second-order valence-electron chi connectivity index (χ2n) is 5.06. The molecule has 0 aromatic carbocycles. The number of rotatable bonds is 5. The lowest BCUT2D eigenvalue weighted by molar-refractivity contribution is -0.126. The lowest BCUT2D eigenvalue weighted by Gasteiger charge is -2.15. The maximum Gasteiger partial charge on any atom is 0.239 e. The van der Waals surface area contributed by atoms with Gasteiger partial charge < -0.3 is 16.4 Å². The second kappa shape index (κ2) is 6.59. The molecule has 0 spiro atoms. The molecule has 5 nitrogen and oxygen atoms in total. The van der Waals surface area contributed by atoms with Crippen molar-refractivity contribution in [2.24, 2.45) is 11.7 Å². The Morgan fingerprint density at radius 3 is 2.53 bits per heavy atom. The van der Waals surface area contributed by atoms with Gasteiger partial charge in [0.1, 0.15) is 0 Å². The second-order valence-corrected chi connectivity index (χ2v) is 5.06. The zero-order chi connectivity index (χ0) is 12.8. The van der Waals surface area contributed by atoms with Crippen LogP contribution in [0.5, 0.6) is 0 Å². The first-order valence-electron chi connectivity index (χ1n) is 6.30. The zero-order valence-corrected chi connectivity index (χ0v) is 10.7. The molecule has 1 rings (SSSR count). The average Bonchev–Trinajstić information content (AvgIpc) is 2.61. The summed E-state index contributed by atoms with van der Waals surface area (Å²) in [7, 11) is 0. The van der Waals surface area contributed by atoms with E-state index in [1.807, 2.05) is 13.8 Å². The van der Waals surface area contributed by atoms with Crippen LogP contribution in [0.25, 0.3) is 0 Å². The van der Waals surface area contributed by atoms with Crippen molar-refractivity contribution in [3.05, 3.63) is 0 Å². The van der Waals surface area contributed by atoms with E-state index in [-0.39, 0.29) is 36.4 Å². The number of hydrogen-bond acceptors (Lipinski definition) is 3. The van der Waals surface area contributed by atoms with Crippen molar-refractivity contribution in [2.75, 3.05) is 6.54 Å². The molecule has 1 saturated carbocycles. The molecule has 0 heterocycles. The molecule has 2 amide bonds. The van der Waals surface area contributed by atoms with Crippen molar-refractivity contribution in [3.8, 4) is 0 Å². The number of hydrogen-bond donors (Lipinski definition) is 3. The van der Waals surface area contributed by atoms with E-state index in [1.165, 1.54) is 0 Å². The predicted octanol–water partition coefficient (Wildman–Crippen LogP) is 0.145. The Morgan fingerprint density at radius 2 is 2.00 bits per heavy atom. The van der Waals surface area contributed by atoms with Crippen LogP contribution in [0.15, 0.2) is 0 Å². The molecule has 1 aliphatic carbocycles. The molecular formula is C12H23N3O2. The van der Waals surface area contributed by atoms with Gasteiger partial charge in [0, 0.05) is 18.5 Å². The van der Waals surface area contributed by atoms with Crippen molar-refractivity contribution in [2.45, 2.75) is 51.6 Å². The first-order chi connectivity index (χ1) is 7.99. The van der Waals surface area contributed by atoms with Crippen LogP contribution in [0.1, 0.15) is 39.5 Å². The third-order valence-corrected chi connectivity index (χ3v) is 3.06. The Labute approximate surface area is 103 Å². The Morgan fingerprint density at radius 1 is 1.29 bits per heavy atom. The van der Waals surface area contributed by atoms with Crippen molar-refractivity contribution >= 4 is 11.8 Å². The lowest BCUT2D eigenvalue weighted by atomic mass is 10.00. The fourth-order valence-electron chi connectivity index (χ4n) is 2.18. The highest BCUT2D eigenvalue weighted by Gasteiger charge is 2.25. The van der Waals surface area contributed by atoms with Crippen molar-refractivity contribution in [1.29, 1.82) is 0 Å². The fourth-order valence-corrected chi connectivity index (χ4v) is 2.18. The maximum atomic E-state index is 11.6. The Kier molecular flexibility index (Phi) is 5.41. The molecule has 0 bridgehead atoms. The van der Waals surface area contributed by atoms with Gasteiger partial charge in [-0.15, -0.1) is 0 Å². The van der Waals surface area contributed by atoms with E-state index in [9.17, 15) is 9.59 Å². The number of nitrogens with two attached hydrogens (primary N) is 1. The zero-order valence-electron chi connectivity index (χ0n) is 10.7. The smallest absolute Gasteiger partial charge is 0.239 e. The molecule has 0 aromatic rings. The number of carbonyl (C=O) groups is 2. The quantitative estimate of drug-likeness (QED) is 0.640. The molecule has 0 aliphatic heterocycles. The first-order valence-corrected chi connectivity index (χ1v) is 6.30. The van der Waals surface area contributed by atoms with Crippen LogP contribution in [0.3, 0.4) is 0 Å². The molecule has 1 fully saturated rings. The molecule has 1 aliphatic rings. The Hall–Kier alpha value is -1.10. The van der Waals surface area contributed by atoms with E-state index in [2.05, 4.69) is 10.6 Å². The highest BCUT2D eigenvalue weighted by molar-refractivity contribution is 5.84.